The van der Waals surface area contributed by atoms with Gasteiger partial charge in [0.2, 0.25) is 0 Å². The Morgan fingerprint density at radius 2 is 1.79 bits per heavy atom. The minimum absolute atomic E-state index is 0.155. The highest BCUT2D eigenvalue weighted by atomic mass is 19.1. The van der Waals surface area contributed by atoms with Crippen molar-refractivity contribution in [3.8, 4) is 0 Å². The van der Waals surface area contributed by atoms with E-state index in [1.165, 1.54) is 10.6 Å². The van der Waals surface area contributed by atoms with Crippen LogP contribution in [0.15, 0.2) is 33.9 Å². The Labute approximate surface area is 161 Å². The Morgan fingerprint density at radius 3 is 2.43 bits per heavy atom. The quantitative estimate of drug-likeness (QED) is 0.642. The number of rotatable bonds is 8. The molecule has 0 radical (unpaired) electrons. The molecule has 0 aliphatic rings. The molecule has 0 aliphatic heterocycles. The molecule has 0 spiro atoms. The van der Waals surface area contributed by atoms with Crippen LogP contribution in [0.5, 0.6) is 0 Å². The van der Waals surface area contributed by atoms with Crippen molar-refractivity contribution in [1.82, 2.24) is 18.7 Å². The zero-order chi connectivity index (χ0) is 20.3. The second kappa shape index (κ2) is 8.52. The first kappa shape index (κ1) is 20.0. The molecule has 0 atom stereocenters. The van der Waals surface area contributed by atoms with Gasteiger partial charge in [0, 0.05) is 18.7 Å². The molecule has 0 saturated heterocycles. The number of aromatic nitrogens is 4. The lowest BCUT2D eigenvalue weighted by molar-refractivity contribution is 0.265. The predicted molar refractivity (Wildman–Crippen MR) is 105 cm³/mol. The number of aryl methyl sites for hydroxylation is 2. The molecule has 2 heterocycles. The van der Waals surface area contributed by atoms with Gasteiger partial charge in [-0.25, -0.2) is 14.2 Å². The molecule has 0 fully saturated rings. The lowest BCUT2D eigenvalue weighted by Crippen LogP contribution is -2.41. The number of imidazole rings is 1. The van der Waals surface area contributed by atoms with E-state index in [-0.39, 0.29) is 29.9 Å². The van der Waals surface area contributed by atoms with Crippen LogP contribution in [0.2, 0.25) is 0 Å². The van der Waals surface area contributed by atoms with E-state index in [1.807, 2.05) is 13.8 Å². The monoisotopic (exact) mass is 388 g/mol. The van der Waals surface area contributed by atoms with Crippen LogP contribution in [0.3, 0.4) is 0 Å². The van der Waals surface area contributed by atoms with Crippen molar-refractivity contribution in [2.75, 3.05) is 0 Å². The number of halogens is 1. The molecule has 3 rings (SSSR count). The van der Waals surface area contributed by atoms with Crippen LogP contribution in [0.25, 0.3) is 11.2 Å². The van der Waals surface area contributed by atoms with Crippen molar-refractivity contribution in [1.29, 1.82) is 0 Å². The highest BCUT2D eigenvalue weighted by molar-refractivity contribution is 5.71. The molecule has 28 heavy (non-hydrogen) atoms. The maximum atomic E-state index is 14.1. The van der Waals surface area contributed by atoms with Crippen molar-refractivity contribution in [3.63, 3.8) is 0 Å². The lowest BCUT2D eigenvalue weighted by atomic mass is 10.2. The van der Waals surface area contributed by atoms with E-state index in [4.69, 9.17) is 0 Å². The summed E-state index contributed by atoms with van der Waals surface area (Å²) in [5.74, 6) is -0.116. The van der Waals surface area contributed by atoms with E-state index in [9.17, 15) is 19.1 Å². The molecule has 0 aliphatic carbocycles. The average molecular weight is 388 g/mol. The van der Waals surface area contributed by atoms with Crippen LogP contribution in [-0.2, 0) is 26.2 Å². The first-order chi connectivity index (χ1) is 13.5. The van der Waals surface area contributed by atoms with Gasteiger partial charge in [-0.3, -0.25) is 13.9 Å². The molecule has 1 N–H and O–H groups in total. The second-order valence-corrected chi connectivity index (χ2v) is 6.78. The molecule has 1 aromatic carbocycles. The summed E-state index contributed by atoms with van der Waals surface area (Å²) in [4.78, 5) is 30.7. The molecular formula is C20H25FN4O3. The maximum Gasteiger partial charge on any atom is 0.333 e. The summed E-state index contributed by atoms with van der Waals surface area (Å²) >= 11 is 0. The third-order valence-corrected chi connectivity index (χ3v) is 4.80. The average Bonchev–Trinajstić information content (AvgIpc) is 3.05. The Bertz CT molecular complexity index is 1100. The molecule has 2 aromatic heterocycles. The van der Waals surface area contributed by atoms with E-state index in [0.717, 1.165) is 23.8 Å². The SMILES string of the molecule is CCCCn1c(=O)n(Cc2ccccc2F)c(=O)c2c1nc(CO)n2CCC. The van der Waals surface area contributed by atoms with Gasteiger partial charge in [-0.15, -0.1) is 0 Å². The normalized spacial score (nSPS) is 11.4. The van der Waals surface area contributed by atoms with Crippen molar-refractivity contribution in [2.24, 2.45) is 0 Å². The van der Waals surface area contributed by atoms with Crippen molar-refractivity contribution in [3.05, 3.63) is 62.3 Å². The smallest absolute Gasteiger partial charge is 0.333 e. The summed E-state index contributed by atoms with van der Waals surface area (Å²) < 4.78 is 18.3. The minimum atomic E-state index is -0.517. The number of aliphatic hydroxyl groups excluding tert-OH is 1. The summed E-state index contributed by atoms with van der Waals surface area (Å²) in [5.41, 5.74) is -0.202. The van der Waals surface area contributed by atoms with Gasteiger partial charge in [0.25, 0.3) is 5.56 Å². The number of unbranched alkanes of at least 4 members (excludes halogenated alkanes) is 1. The van der Waals surface area contributed by atoms with Crippen LogP contribution in [0.4, 0.5) is 4.39 Å². The fraction of sp³-hybridized carbons (Fsp3) is 0.450. The highest BCUT2D eigenvalue weighted by Crippen LogP contribution is 2.14. The number of benzene rings is 1. The van der Waals surface area contributed by atoms with Gasteiger partial charge in [0.15, 0.2) is 11.2 Å². The van der Waals surface area contributed by atoms with Gasteiger partial charge in [-0.05, 0) is 18.9 Å². The molecule has 7 nitrogen and oxygen atoms in total. The summed E-state index contributed by atoms with van der Waals surface area (Å²) in [6.07, 6.45) is 2.34. The molecule has 0 unspecified atom stereocenters. The van der Waals surface area contributed by atoms with E-state index in [0.29, 0.717) is 18.9 Å². The van der Waals surface area contributed by atoms with Crippen LogP contribution >= 0.6 is 0 Å². The zero-order valence-corrected chi connectivity index (χ0v) is 16.2. The molecule has 0 saturated carbocycles. The molecule has 150 valence electrons. The molecule has 8 heteroatoms. The summed E-state index contributed by atoms with van der Waals surface area (Å²) in [6, 6.07) is 6.10. The minimum Gasteiger partial charge on any atom is -0.388 e. The summed E-state index contributed by atoms with van der Waals surface area (Å²) in [6.45, 7) is 4.37. The van der Waals surface area contributed by atoms with Gasteiger partial charge in [-0.2, -0.15) is 0 Å². The fourth-order valence-corrected chi connectivity index (χ4v) is 3.37. The fourth-order valence-electron chi connectivity index (χ4n) is 3.37. The van der Waals surface area contributed by atoms with Gasteiger partial charge in [-0.1, -0.05) is 38.5 Å². The Kier molecular flexibility index (Phi) is 6.08. The third-order valence-electron chi connectivity index (χ3n) is 4.80. The molecular weight excluding hydrogens is 363 g/mol. The van der Waals surface area contributed by atoms with E-state index < -0.39 is 17.1 Å². The maximum absolute atomic E-state index is 14.1. The van der Waals surface area contributed by atoms with Gasteiger partial charge >= 0.3 is 5.69 Å². The Morgan fingerprint density at radius 1 is 1.04 bits per heavy atom. The first-order valence-corrected chi connectivity index (χ1v) is 9.60. The van der Waals surface area contributed by atoms with E-state index in [1.54, 1.807) is 22.8 Å². The van der Waals surface area contributed by atoms with Crippen LogP contribution < -0.4 is 11.2 Å². The molecule has 0 amide bonds. The predicted octanol–water partition coefficient (Wildman–Crippen LogP) is 2.25. The van der Waals surface area contributed by atoms with Crippen LogP contribution in [0, 0.1) is 5.82 Å². The van der Waals surface area contributed by atoms with Gasteiger partial charge in [0.1, 0.15) is 18.2 Å². The van der Waals surface area contributed by atoms with Crippen molar-refractivity contribution >= 4 is 11.2 Å². The Balaban J connectivity index is 2.31. The standard InChI is InChI=1S/C20H25FN4O3/c1-3-5-11-24-18-17(23(10-4-2)16(13-26)22-18)19(27)25(20(24)28)12-14-8-6-7-9-15(14)21/h6-9,26H,3-5,10-13H2,1-2H3. The van der Waals surface area contributed by atoms with Gasteiger partial charge < -0.3 is 9.67 Å². The number of nitrogens with zero attached hydrogens (tertiary/aromatic N) is 4. The van der Waals surface area contributed by atoms with Crippen molar-refractivity contribution in [2.45, 2.75) is 59.4 Å². The van der Waals surface area contributed by atoms with Gasteiger partial charge in [0.05, 0.1) is 6.54 Å². The lowest BCUT2D eigenvalue weighted by Gasteiger charge is -2.13. The first-order valence-electron chi connectivity index (χ1n) is 9.60. The van der Waals surface area contributed by atoms with E-state index >= 15 is 0 Å². The zero-order valence-electron chi connectivity index (χ0n) is 16.2. The molecule has 0 bridgehead atoms. The van der Waals surface area contributed by atoms with Crippen LogP contribution in [-0.4, -0.2) is 23.8 Å². The highest BCUT2D eigenvalue weighted by Gasteiger charge is 2.21. The van der Waals surface area contributed by atoms with E-state index in [2.05, 4.69) is 4.98 Å². The van der Waals surface area contributed by atoms with Crippen LogP contribution in [0.1, 0.15) is 44.5 Å². The number of hydrogen-bond donors (Lipinski definition) is 1. The Hall–Kier alpha value is -2.74. The number of hydrogen-bond acceptors (Lipinski definition) is 4. The number of fused-ring (bicyclic) bond motifs is 1. The summed E-state index contributed by atoms with van der Waals surface area (Å²) in [7, 11) is 0. The number of aliphatic hydroxyl groups is 1. The summed E-state index contributed by atoms with van der Waals surface area (Å²) in [5, 5.41) is 9.69. The van der Waals surface area contributed by atoms with Crippen molar-refractivity contribution < 1.29 is 9.50 Å². The molecule has 3 aromatic rings. The third kappa shape index (κ3) is 3.52. The topological polar surface area (TPSA) is 82.1 Å². The largest absolute Gasteiger partial charge is 0.388 e. The second-order valence-electron chi connectivity index (χ2n) is 6.78.